The number of hydrogen-bond acceptors (Lipinski definition) is 4. The van der Waals surface area contributed by atoms with Crippen molar-refractivity contribution in [2.75, 3.05) is 20.2 Å². The molecule has 0 radical (unpaired) electrons. The second-order valence-corrected chi connectivity index (χ2v) is 4.99. The fourth-order valence-electron chi connectivity index (χ4n) is 2.32. The van der Waals surface area contributed by atoms with Crippen LogP contribution in [0.1, 0.15) is 26.7 Å². The van der Waals surface area contributed by atoms with Crippen LogP contribution in [0.5, 0.6) is 0 Å². The highest BCUT2D eigenvalue weighted by Gasteiger charge is 2.48. The average molecular weight is 339 g/mol. The minimum atomic E-state index is 0. The molecule has 1 aliphatic heterocycles. The van der Waals surface area contributed by atoms with Gasteiger partial charge in [0.25, 0.3) is 0 Å². The number of guanidine groups is 1. The molecule has 4 nitrogen and oxygen atoms in total. The molecule has 1 saturated carbocycles. The Bertz CT molecular complexity index is 268. The van der Waals surface area contributed by atoms with Gasteiger partial charge in [0.05, 0.1) is 6.10 Å². The Morgan fingerprint density at radius 1 is 1.50 bits per heavy atom. The summed E-state index contributed by atoms with van der Waals surface area (Å²) in [7, 11) is 1.79. The van der Waals surface area contributed by atoms with E-state index in [0.717, 1.165) is 31.9 Å². The molecule has 2 aliphatic rings. The maximum Gasteiger partial charge on any atom is 0.191 e. The lowest BCUT2D eigenvalue weighted by Gasteiger charge is -2.51. The van der Waals surface area contributed by atoms with Gasteiger partial charge in [-0.25, -0.2) is 0 Å². The molecule has 0 spiro atoms. The van der Waals surface area contributed by atoms with Crippen LogP contribution in [0.4, 0.5) is 0 Å². The molecule has 2 unspecified atom stereocenters. The highest BCUT2D eigenvalue weighted by Crippen LogP contribution is 2.42. The minimum Gasteiger partial charge on any atom is -0.381 e. The first-order valence-corrected chi connectivity index (χ1v) is 5.72. The molecule has 2 atom stereocenters. The van der Waals surface area contributed by atoms with Crippen molar-refractivity contribution in [3.05, 3.63) is 0 Å². The number of ether oxygens (including phenoxy) is 1. The van der Waals surface area contributed by atoms with Gasteiger partial charge in [-0.3, -0.25) is 4.99 Å². The van der Waals surface area contributed by atoms with Gasteiger partial charge in [0.15, 0.2) is 5.96 Å². The van der Waals surface area contributed by atoms with Crippen LogP contribution < -0.4 is 10.6 Å². The van der Waals surface area contributed by atoms with Crippen molar-refractivity contribution in [2.45, 2.75) is 38.8 Å². The summed E-state index contributed by atoms with van der Waals surface area (Å²) in [5.41, 5.74) is 0.205. The quantitative estimate of drug-likeness (QED) is 0.747. The molecule has 16 heavy (non-hydrogen) atoms. The molecular weight excluding hydrogens is 317 g/mol. The molecule has 2 N–H and O–H groups in total. The minimum absolute atomic E-state index is 0. The molecule has 0 saturated heterocycles. The predicted octanol–water partition coefficient (Wildman–Crippen LogP) is 1.36. The third-order valence-electron chi connectivity index (χ3n) is 3.67. The summed E-state index contributed by atoms with van der Waals surface area (Å²) in [5, 5.41) is 6.76. The zero-order chi connectivity index (χ0) is 10.9. The van der Waals surface area contributed by atoms with E-state index in [4.69, 9.17) is 4.74 Å². The van der Waals surface area contributed by atoms with Crippen molar-refractivity contribution in [1.29, 1.82) is 0 Å². The van der Waals surface area contributed by atoms with E-state index in [0.29, 0.717) is 12.1 Å². The smallest absolute Gasteiger partial charge is 0.191 e. The lowest BCUT2D eigenvalue weighted by Crippen LogP contribution is -2.63. The summed E-state index contributed by atoms with van der Waals surface area (Å²) in [6, 6.07) is 0.479. The summed E-state index contributed by atoms with van der Waals surface area (Å²) < 4.78 is 5.42. The Morgan fingerprint density at radius 3 is 2.75 bits per heavy atom. The van der Waals surface area contributed by atoms with Crippen molar-refractivity contribution in [3.63, 3.8) is 0 Å². The molecule has 1 heterocycles. The maximum atomic E-state index is 5.42. The molecule has 0 aromatic rings. The third-order valence-corrected chi connectivity index (χ3v) is 3.67. The van der Waals surface area contributed by atoms with Gasteiger partial charge < -0.3 is 15.4 Å². The van der Waals surface area contributed by atoms with Crippen molar-refractivity contribution < 1.29 is 4.74 Å². The molecule has 0 bridgehead atoms. The molecular formula is C11H22IN3O. The molecule has 94 valence electrons. The van der Waals surface area contributed by atoms with E-state index in [2.05, 4.69) is 29.5 Å². The predicted molar refractivity (Wildman–Crippen MR) is 76.5 cm³/mol. The molecule has 0 amide bonds. The van der Waals surface area contributed by atoms with E-state index >= 15 is 0 Å². The summed E-state index contributed by atoms with van der Waals surface area (Å²) in [6.45, 7) is 6.46. The van der Waals surface area contributed by atoms with Gasteiger partial charge in [-0.1, -0.05) is 13.8 Å². The highest BCUT2D eigenvalue weighted by molar-refractivity contribution is 14.0. The second kappa shape index (κ2) is 5.53. The molecule has 0 aromatic heterocycles. The Hall–Kier alpha value is -0.0400. The summed E-state index contributed by atoms with van der Waals surface area (Å²) in [5.74, 6) is 0.967. The summed E-state index contributed by atoms with van der Waals surface area (Å²) in [4.78, 5) is 4.42. The highest BCUT2D eigenvalue weighted by atomic mass is 127. The first-order chi connectivity index (χ1) is 7.14. The second-order valence-electron chi connectivity index (χ2n) is 4.99. The molecule has 1 fully saturated rings. The number of aliphatic imine (C=N–C) groups is 1. The number of rotatable bonds is 2. The summed E-state index contributed by atoms with van der Waals surface area (Å²) in [6.07, 6.45) is 2.59. The monoisotopic (exact) mass is 339 g/mol. The standard InChI is InChI=1S/C11H21N3O.HI/c1-11(2)8(7-9(11)15-3)14-10-12-5-4-6-13-10;/h8-9H,4-7H2,1-3H3,(H2,12,13,14);1H. The molecule has 0 aromatic carbocycles. The van der Waals surface area contributed by atoms with E-state index in [1.165, 1.54) is 0 Å². The SMILES string of the molecule is COC1CC(NC2=NCCCN2)C1(C)C.I. The lowest BCUT2D eigenvalue weighted by molar-refractivity contribution is -0.0923. The lowest BCUT2D eigenvalue weighted by atomic mass is 9.64. The molecule has 1 aliphatic carbocycles. The summed E-state index contributed by atoms with van der Waals surface area (Å²) >= 11 is 0. The van der Waals surface area contributed by atoms with Gasteiger partial charge >= 0.3 is 0 Å². The number of nitrogens with one attached hydrogen (secondary N) is 2. The third kappa shape index (κ3) is 2.61. The number of hydrogen-bond donors (Lipinski definition) is 2. The van der Waals surface area contributed by atoms with Gasteiger partial charge in [0.2, 0.25) is 0 Å². The maximum absolute atomic E-state index is 5.42. The van der Waals surface area contributed by atoms with E-state index in [1.807, 2.05) is 0 Å². The molecule has 5 heteroatoms. The fraction of sp³-hybridized carbons (Fsp3) is 0.909. The van der Waals surface area contributed by atoms with E-state index < -0.39 is 0 Å². The van der Waals surface area contributed by atoms with Gasteiger partial charge in [-0.15, -0.1) is 24.0 Å². The Kier molecular flexibility index (Phi) is 4.85. The number of nitrogens with zero attached hydrogens (tertiary/aromatic N) is 1. The van der Waals surface area contributed by atoms with Crippen molar-refractivity contribution in [3.8, 4) is 0 Å². The van der Waals surface area contributed by atoms with Crippen LogP contribution in [-0.4, -0.2) is 38.3 Å². The van der Waals surface area contributed by atoms with Crippen LogP contribution >= 0.6 is 24.0 Å². The van der Waals surface area contributed by atoms with E-state index in [1.54, 1.807) is 7.11 Å². The van der Waals surface area contributed by atoms with Crippen LogP contribution in [0.3, 0.4) is 0 Å². The zero-order valence-electron chi connectivity index (χ0n) is 10.2. The Balaban J connectivity index is 0.00000128. The first kappa shape index (κ1) is 14.0. The number of methoxy groups -OCH3 is 1. The molecule has 2 rings (SSSR count). The van der Waals surface area contributed by atoms with Crippen molar-refractivity contribution >= 4 is 29.9 Å². The first-order valence-electron chi connectivity index (χ1n) is 5.72. The van der Waals surface area contributed by atoms with Crippen LogP contribution in [0.2, 0.25) is 0 Å². The van der Waals surface area contributed by atoms with Crippen molar-refractivity contribution in [2.24, 2.45) is 10.4 Å². The van der Waals surface area contributed by atoms with Crippen LogP contribution in [-0.2, 0) is 4.74 Å². The van der Waals surface area contributed by atoms with Crippen LogP contribution in [0.15, 0.2) is 4.99 Å². The van der Waals surface area contributed by atoms with Gasteiger partial charge in [0.1, 0.15) is 0 Å². The van der Waals surface area contributed by atoms with Gasteiger partial charge in [-0.05, 0) is 12.8 Å². The fourth-order valence-corrected chi connectivity index (χ4v) is 2.32. The average Bonchev–Trinajstić information content (AvgIpc) is 2.25. The van der Waals surface area contributed by atoms with E-state index in [9.17, 15) is 0 Å². The van der Waals surface area contributed by atoms with E-state index in [-0.39, 0.29) is 29.4 Å². The normalized spacial score (nSPS) is 31.6. The number of halogens is 1. The topological polar surface area (TPSA) is 45.6 Å². The largest absolute Gasteiger partial charge is 0.381 e. The van der Waals surface area contributed by atoms with Crippen LogP contribution in [0, 0.1) is 5.41 Å². The van der Waals surface area contributed by atoms with Crippen molar-refractivity contribution in [1.82, 2.24) is 10.6 Å². The Morgan fingerprint density at radius 2 is 2.25 bits per heavy atom. The Labute approximate surface area is 115 Å². The van der Waals surface area contributed by atoms with Crippen LogP contribution in [0.25, 0.3) is 0 Å². The zero-order valence-corrected chi connectivity index (χ0v) is 12.6. The van der Waals surface area contributed by atoms with Gasteiger partial charge in [-0.2, -0.15) is 0 Å². The van der Waals surface area contributed by atoms with Gasteiger partial charge in [0, 0.05) is 31.7 Å².